The average Bonchev–Trinajstić information content (AvgIpc) is 2.88. The summed E-state index contributed by atoms with van der Waals surface area (Å²) >= 11 is 0. The summed E-state index contributed by atoms with van der Waals surface area (Å²) in [5.74, 6) is -0.509. The molecule has 0 unspecified atom stereocenters. The summed E-state index contributed by atoms with van der Waals surface area (Å²) in [5.41, 5.74) is 0.899. The number of aromatic nitrogens is 2. The molecule has 1 amide bonds. The van der Waals surface area contributed by atoms with Crippen molar-refractivity contribution in [3.8, 4) is 0 Å². The molecule has 1 saturated carbocycles. The molecule has 0 aliphatic heterocycles. The molecule has 9 heteroatoms. The predicted molar refractivity (Wildman–Crippen MR) is 131 cm³/mol. The van der Waals surface area contributed by atoms with Gasteiger partial charge in [-0.25, -0.2) is 8.42 Å². The van der Waals surface area contributed by atoms with Crippen LogP contribution in [0.4, 0.5) is 0 Å². The van der Waals surface area contributed by atoms with Crippen molar-refractivity contribution in [3.63, 3.8) is 0 Å². The minimum Gasteiger partial charge on any atom is -0.348 e. The van der Waals surface area contributed by atoms with Gasteiger partial charge in [0.15, 0.2) is 0 Å². The SMILES string of the molecule is CCn1cc(C(=O)NCc2cccnc2)c(=O)c2cc(S(=O)(=O)N(C)C3CCCCC3)ccc21. The minimum atomic E-state index is -3.77. The second kappa shape index (κ2) is 10.1. The lowest BCUT2D eigenvalue weighted by atomic mass is 9.96. The molecule has 3 aromatic rings. The van der Waals surface area contributed by atoms with Crippen LogP contribution in [0.3, 0.4) is 0 Å². The molecular weight excluding hydrogens is 452 g/mol. The van der Waals surface area contributed by atoms with Crippen LogP contribution in [0.2, 0.25) is 0 Å². The third-order valence-corrected chi connectivity index (χ3v) is 8.48. The van der Waals surface area contributed by atoms with E-state index in [9.17, 15) is 18.0 Å². The van der Waals surface area contributed by atoms with E-state index < -0.39 is 21.4 Å². The van der Waals surface area contributed by atoms with E-state index in [1.54, 1.807) is 42.2 Å². The maximum atomic E-state index is 13.4. The Hall–Kier alpha value is -3.04. The quantitative estimate of drug-likeness (QED) is 0.557. The number of fused-ring (bicyclic) bond motifs is 1. The van der Waals surface area contributed by atoms with Gasteiger partial charge in [0.1, 0.15) is 5.56 Å². The Labute approximate surface area is 199 Å². The van der Waals surface area contributed by atoms with Gasteiger partial charge < -0.3 is 9.88 Å². The second-order valence-corrected chi connectivity index (χ2v) is 10.7. The molecule has 1 aliphatic rings. The summed E-state index contributed by atoms with van der Waals surface area (Å²) < 4.78 is 29.9. The largest absolute Gasteiger partial charge is 0.348 e. The monoisotopic (exact) mass is 482 g/mol. The van der Waals surface area contributed by atoms with Gasteiger partial charge >= 0.3 is 0 Å². The van der Waals surface area contributed by atoms with E-state index in [-0.39, 0.29) is 28.4 Å². The van der Waals surface area contributed by atoms with E-state index in [1.807, 2.05) is 13.0 Å². The van der Waals surface area contributed by atoms with Crippen LogP contribution in [0.1, 0.15) is 54.9 Å². The Morgan fingerprint density at radius 1 is 1.21 bits per heavy atom. The van der Waals surface area contributed by atoms with Crippen molar-refractivity contribution in [2.75, 3.05) is 7.05 Å². The average molecular weight is 483 g/mol. The molecule has 1 aromatic carbocycles. The summed E-state index contributed by atoms with van der Waals surface area (Å²) in [7, 11) is -2.15. The number of benzene rings is 1. The highest BCUT2D eigenvalue weighted by molar-refractivity contribution is 7.89. The molecule has 1 aliphatic carbocycles. The van der Waals surface area contributed by atoms with Crippen molar-refractivity contribution in [1.82, 2.24) is 19.2 Å². The Balaban J connectivity index is 1.70. The van der Waals surface area contributed by atoms with Crippen LogP contribution in [0.25, 0.3) is 10.9 Å². The number of rotatable bonds is 7. The lowest BCUT2D eigenvalue weighted by Gasteiger charge is -2.30. The maximum absolute atomic E-state index is 13.4. The van der Waals surface area contributed by atoms with Crippen molar-refractivity contribution in [1.29, 1.82) is 0 Å². The molecule has 0 atom stereocenters. The third-order valence-electron chi connectivity index (χ3n) is 6.58. The van der Waals surface area contributed by atoms with Crippen LogP contribution < -0.4 is 10.7 Å². The van der Waals surface area contributed by atoms with Crippen LogP contribution in [-0.2, 0) is 23.1 Å². The molecule has 1 fully saturated rings. The zero-order chi connectivity index (χ0) is 24.3. The number of carbonyl (C=O) groups is 1. The summed E-state index contributed by atoms with van der Waals surface area (Å²) in [4.78, 5) is 30.3. The van der Waals surface area contributed by atoms with Gasteiger partial charge in [0.25, 0.3) is 5.91 Å². The molecule has 0 spiro atoms. The van der Waals surface area contributed by atoms with Crippen LogP contribution in [-0.4, -0.2) is 41.3 Å². The van der Waals surface area contributed by atoms with Gasteiger partial charge in [0, 0.05) is 50.2 Å². The van der Waals surface area contributed by atoms with Crippen molar-refractivity contribution in [2.45, 2.75) is 63.1 Å². The standard InChI is InChI=1S/C25H30N4O4S/c1-3-29-17-22(25(31)27-16-18-8-7-13-26-15-18)24(30)21-14-20(11-12-23(21)29)34(32,33)28(2)19-9-5-4-6-10-19/h7-8,11-15,17,19H,3-6,9-10,16H2,1-2H3,(H,27,31). The van der Waals surface area contributed by atoms with Gasteiger partial charge in [-0.15, -0.1) is 0 Å². The van der Waals surface area contributed by atoms with E-state index in [2.05, 4.69) is 10.3 Å². The summed E-state index contributed by atoms with van der Waals surface area (Å²) in [5, 5.41) is 2.98. The second-order valence-electron chi connectivity index (χ2n) is 8.69. The molecule has 8 nitrogen and oxygen atoms in total. The number of nitrogens with one attached hydrogen (secondary N) is 1. The molecule has 1 N–H and O–H groups in total. The Bertz CT molecular complexity index is 1350. The number of pyridine rings is 2. The van der Waals surface area contributed by atoms with E-state index in [4.69, 9.17) is 0 Å². The molecule has 180 valence electrons. The highest BCUT2D eigenvalue weighted by Gasteiger charge is 2.29. The van der Waals surface area contributed by atoms with Crippen molar-refractivity contribution in [3.05, 3.63) is 70.3 Å². The topological polar surface area (TPSA) is 101 Å². The van der Waals surface area contributed by atoms with E-state index in [0.29, 0.717) is 12.1 Å². The maximum Gasteiger partial charge on any atom is 0.257 e. The van der Waals surface area contributed by atoms with Crippen LogP contribution >= 0.6 is 0 Å². The third kappa shape index (κ3) is 4.76. The minimum absolute atomic E-state index is 0.0200. The number of amides is 1. The molecule has 34 heavy (non-hydrogen) atoms. The fraction of sp³-hybridized carbons (Fsp3) is 0.400. The van der Waals surface area contributed by atoms with E-state index in [1.165, 1.54) is 16.6 Å². The first kappa shape index (κ1) is 24.1. The highest BCUT2D eigenvalue weighted by atomic mass is 32.2. The normalized spacial score (nSPS) is 15.0. The molecule has 4 rings (SSSR count). The Kier molecular flexibility index (Phi) is 7.13. The van der Waals surface area contributed by atoms with Gasteiger partial charge in [-0.05, 0) is 49.6 Å². The number of nitrogens with zero attached hydrogens (tertiary/aromatic N) is 3. The lowest BCUT2D eigenvalue weighted by Crippen LogP contribution is -2.38. The zero-order valence-electron chi connectivity index (χ0n) is 19.5. The Morgan fingerprint density at radius 3 is 2.65 bits per heavy atom. The highest BCUT2D eigenvalue weighted by Crippen LogP contribution is 2.27. The van der Waals surface area contributed by atoms with Gasteiger partial charge in [-0.2, -0.15) is 4.31 Å². The smallest absolute Gasteiger partial charge is 0.257 e. The van der Waals surface area contributed by atoms with Crippen LogP contribution in [0.15, 0.2) is 58.6 Å². The summed E-state index contributed by atoms with van der Waals surface area (Å²) in [6.07, 6.45) is 9.66. The van der Waals surface area contributed by atoms with E-state index in [0.717, 1.165) is 37.7 Å². The lowest BCUT2D eigenvalue weighted by molar-refractivity contribution is 0.0949. The molecule has 2 aromatic heterocycles. The van der Waals surface area contributed by atoms with Crippen LogP contribution in [0.5, 0.6) is 0 Å². The van der Waals surface area contributed by atoms with E-state index >= 15 is 0 Å². The van der Waals surface area contributed by atoms with Crippen molar-refractivity contribution in [2.24, 2.45) is 0 Å². The molecule has 0 saturated heterocycles. The fourth-order valence-corrected chi connectivity index (χ4v) is 5.99. The summed E-state index contributed by atoms with van der Waals surface area (Å²) in [6.45, 7) is 2.66. The number of hydrogen-bond donors (Lipinski definition) is 1. The fourth-order valence-electron chi connectivity index (χ4n) is 4.55. The van der Waals surface area contributed by atoms with Gasteiger partial charge in [0.2, 0.25) is 15.5 Å². The van der Waals surface area contributed by atoms with Crippen molar-refractivity contribution >= 4 is 26.8 Å². The van der Waals surface area contributed by atoms with Crippen LogP contribution in [0, 0.1) is 0 Å². The van der Waals surface area contributed by atoms with Gasteiger partial charge in [-0.1, -0.05) is 25.3 Å². The van der Waals surface area contributed by atoms with Crippen molar-refractivity contribution < 1.29 is 13.2 Å². The predicted octanol–water partition coefficient (Wildman–Crippen LogP) is 3.30. The molecule has 0 bridgehead atoms. The first-order valence-corrected chi connectivity index (χ1v) is 13.1. The first-order chi connectivity index (χ1) is 16.3. The van der Waals surface area contributed by atoms with Gasteiger partial charge in [0.05, 0.1) is 10.4 Å². The summed E-state index contributed by atoms with van der Waals surface area (Å²) in [6, 6.07) is 8.18. The zero-order valence-corrected chi connectivity index (χ0v) is 20.3. The van der Waals surface area contributed by atoms with Gasteiger partial charge in [-0.3, -0.25) is 14.6 Å². The molecular formula is C25H30N4O4S. The number of hydrogen-bond acceptors (Lipinski definition) is 5. The first-order valence-electron chi connectivity index (χ1n) is 11.6. The molecule has 0 radical (unpaired) electrons. The number of sulfonamides is 1. The Morgan fingerprint density at radius 2 is 1.97 bits per heavy atom. The molecule has 2 heterocycles. The number of aryl methyl sites for hydroxylation is 1. The number of carbonyl (C=O) groups excluding carboxylic acids is 1.